The van der Waals surface area contributed by atoms with Gasteiger partial charge in [0, 0.05) is 25.2 Å². The molecule has 0 spiro atoms. The number of benzene rings is 2. The molecule has 1 atom stereocenters. The Bertz CT molecular complexity index is 714. The minimum Gasteiger partial charge on any atom is -0.489 e. The standard InChI is InChI=1S/C20H24N2O2.ClH/c1-15-5-3-6-16(11-15)14-24-19-8-4-7-17(12-19)20(23)22(2)18-9-10-21-13-18;/h3-8,11-12,18,21H,9-10,13-14H2,1-2H3;1H. The number of aryl methyl sites for hydroxylation is 1. The Morgan fingerprint density at radius 1 is 1.24 bits per heavy atom. The van der Waals surface area contributed by atoms with Crippen molar-refractivity contribution in [3.05, 3.63) is 65.2 Å². The average molecular weight is 361 g/mol. The molecule has 1 amide bonds. The molecule has 1 N–H and O–H groups in total. The predicted octanol–water partition coefficient (Wildman–Crippen LogP) is 3.43. The first kappa shape index (κ1) is 19.3. The first-order valence-electron chi connectivity index (χ1n) is 8.40. The van der Waals surface area contributed by atoms with Crippen LogP contribution in [0.15, 0.2) is 48.5 Å². The minimum absolute atomic E-state index is 0. The summed E-state index contributed by atoms with van der Waals surface area (Å²) in [4.78, 5) is 14.5. The summed E-state index contributed by atoms with van der Waals surface area (Å²) < 4.78 is 5.86. The highest BCUT2D eigenvalue weighted by Crippen LogP contribution is 2.18. The molecular formula is C20H25ClN2O2. The van der Waals surface area contributed by atoms with Crippen molar-refractivity contribution < 1.29 is 9.53 Å². The fraction of sp³-hybridized carbons (Fsp3) is 0.350. The fourth-order valence-electron chi connectivity index (χ4n) is 3.03. The van der Waals surface area contributed by atoms with Crippen LogP contribution in [0.2, 0.25) is 0 Å². The van der Waals surface area contributed by atoms with Crippen LogP contribution in [-0.2, 0) is 6.61 Å². The van der Waals surface area contributed by atoms with E-state index in [9.17, 15) is 4.79 Å². The van der Waals surface area contributed by atoms with Crippen LogP contribution in [0.4, 0.5) is 0 Å². The normalized spacial score (nSPS) is 16.2. The molecule has 0 bridgehead atoms. The highest BCUT2D eigenvalue weighted by molar-refractivity contribution is 5.94. The van der Waals surface area contributed by atoms with E-state index >= 15 is 0 Å². The van der Waals surface area contributed by atoms with Gasteiger partial charge in [0.25, 0.3) is 5.91 Å². The average Bonchev–Trinajstić information content (AvgIpc) is 3.14. The van der Waals surface area contributed by atoms with Crippen molar-refractivity contribution in [2.75, 3.05) is 20.1 Å². The first-order chi connectivity index (χ1) is 11.6. The number of ether oxygens (including phenoxy) is 1. The Labute approximate surface area is 155 Å². The number of nitrogens with zero attached hydrogens (tertiary/aromatic N) is 1. The molecule has 2 aromatic carbocycles. The molecule has 4 nitrogen and oxygen atoms in total. The molecule has 5 heteroatoms. The maximum absolute atomic E-state index is 12.6. The third-order valence-corrected chi connectivity index (χ3v) is 4.47. The first-order valence-corrected chi connectivity index (χ1v) is 8.40. The lowest BCUT2D eigenvalue weighted by molar-refractivity contribution is 0.0743. The topological polar surface area (TPSA) is 41.6 Å². The van der Waals surface area contributed by atoms with Crippen molar-refractivity contribution in [2.24, 2.45) is 0 Å². The molecule has 134 valence electrons. The van der Waals surface area contributed by atoms with Gasteiger partial charge in [0.05, 0.1) is 0 Å². The number of amides is 1. The number of likely N-dealkylation sites (N-methyl/N-ethyl adjacent to an activating group) is 1. The van der Waals surface area contributed by atoms with Gasteiger partial charge in [-0.1, -0.05) is 35.9 Å². The Morgan fingerprint density at radius 3 is 2.76 bits per heavy atom. The van der Waals surface area contributed by atoms with E-state index in [1.807, 2.05) is 48.3 Å². The molecule has 3 rings (SSSR count). The zero-order valence-electron chi connectivity index (χ0n) is 14.7. The molecule has 1 heterocycles. The highest BCUT2D eigenvalue weighted by Gasteiger charge is 2.24. The highest BCUT2D eigenvalue weighted by atomic mass is 35.5. The molecule has 1 aliphatic heterocycles. The molecule has 1 aliphatic rings. The van der Waals surface area contributed by atoms with E-state index < -0.39 is 0 Å². The van der Waals surface area contributed by atoms with Gasteiger partial charge < -0.3 is 15.0 Å². The second-order valence-corrected chi connectivity index (χ2v) is 6.37. The van der Waals surface area contributed by atoms with Crippen LogP contribution < -0.4 is 10.1 Å². The Balaban J connectivity index is 0.00000225. The summed E-state index contributed by atoms with van der Waals surface area (Å²) in [6, 6.07) is 16.0. The van der Waals surface area contributed by atoms with E-state index in [-0.39, 0.29) is 24.4 Å². The molecule has 0 radical (unpaired) electrons. The van der Waals surface area contributed by atoms with E-state index in [0.29, 0.717) is 12.2 Å². The smallest absolute Gasteiger partial charge is 0.254 e. The lowest BCUT2D eigenvalue weighted by Crippen LogP contribution is -2.38. The van der Waals surface area contributed by atoms with Gasteiger partial charge >= 0.3 is 0 Å². The van der Waals surface area contributed by atoms with Crippen molar-refractivity contribution in [1.82, 2.24) is 10.2 Å². The molecule has 0 aliphatic carbocycles. The number of nitrogens with one attached hydrogen (secondary N) is 1. The molecule has 0 saturated carbocycles. The van der Waals surface area contributed by atoms with Crippen molar-refractivity contribution in [3.8, 4) is 5.75 Å². The quantitative estimate of drug-likeness (QED) is 0.888. The van der Waals surface area contributed by atoms with Crippen molar-refractivity contribution in [2.45, 2.75) is 26.0 Å². The van der Waals surface area contributed by atoms with Crippen molar-refractivity contribution >= 4 is 18.3 Å². The van der Waals surface area contributed by atoms with E-state index in [4.69, 9.17) is 4.74 Å². The molecule has 2 aromatic rings. The van der Waals surface area contributed by atoms with Crippen LogP contribution >= 0.6 is 12.4 Å². The number of hydrogen-bond acceptors (Lipinski definition) is 3. The van der Waals surface area contributed by atoms with Crippen molar-refractivity contribution in [1.29, 1.82) is 0 Å². The Hall–Kier alpha value is -2.04. The summed E-state index contributed by atoms with van der Waals surface area (Å²) in [5, 5.41) is 3.30. The minimum atomic E-state index is 0. The van der Waals surface area contributed by atoms with Crippen molar-refractivity contribution in [3.63, 3.8) is 0 Å². The lowest BCUT2D eigenvalue weighted by atomic mass is 10.1. The Morgan fingerprint density at radius 2 is 2.04 bits per heavy atom. The molecule has 1 saturated heterocycles. The van der Waals surface area contributed by atoms with Gasteiger partial charge in [0.15, 0.2) is 0 Å². The fourth-order valence-corrected chi connectivity index (χ4v) is 3.03. The monoisotopic (exact) mass is 360 g/mol. The van der Waals surface area contributed by atoms with Crippen LogP contribution in [-0.4, -0.2) is 37.0 Å². The van der Waals surface area contributed by atoms with E-state index in [0.717, 1.165) is 30.8 Å². The third kappa shape index (κ3) is 4.97. The SMILES string of the molecule is Cc1cccc(COc2cccc(C(=O)N(C)C3CCNC3)c2)c1.Cl. The summed E-state index contributed by atoms with van der Waals surface area (Å²) in [6.45, 7) is 4.41. The second kappa shape index (κ2) is 8.88. The van der Waals surface area contributed by atoms with Gasteiger partial charge in [-0.2, -0.15) is 0 Å². The predicted molar refractivity (Wildman–Crippen MR) is 103 cm³/mol. The number of carbonyl (C=O) groups excluding carboxylic acids is 1. The zero-order chi connectivity index (χ0) is 16.9. The summed E-state index contributed by atoms with van der Waals surface area (Å²) in [6.07, 6.45) is 1.01. The molecular weight excluding hydrogens is 336 g/mol. The number of halogens is 1. The Kier molecular flexibility index (Phi) is 6.85. The molecule has 1 fully saturated rings. The van der Waals surface area contributed by atoms with Gasteiger partial charge in [-0.3, -0.25) is 4.79 Å². The number of hydrogen-bond donors (Lipinski definition) is 1. The van der Waals surface area contributed by atoms with Gasteiger partial charge in [0.1, 0.15) is 12.4 Å². The third-order valence-electron chi connectivity index (χ3n) is 4.47. The maximum atomic E-state index is 12.6. The summed E-state index contributed by atoms with van der Waals surface area (Å²) >= 11 is 0. The van der Waals surface area contributed by atoms with Gasteiger partial charge in [-0.15, -0.1) is 12.4 Å². The van der Waals surface area contributed by atoms with Crippen LogP contribution in [0.5, 0.6) is 5.75 Å². The van der Waals surface area contributed by atoms with Gasteiger partial charge in [0.2, 0.25) is 0 Å². The van der Waals surface area contributed by atoms with Crippen LogP contribution in [0.1, 0.15) is 27.9 Å². The summed E-state index contributed by atoms with van der Waals surface area (Å²) in [7, 11) is 1.88. The molecule has 1 unspecified atom stereocenters. The second-order valence-electron chi connectivity index (χ2n) is 6.37. The van der Waals surface area contributed by atoms with E-state index in [1.165, 1.54) is 5.56 Å². The van der Waals surface area contributed by atoms with Gasteiger partial charge in [-0.25, -0.2) is 0 Å². The summed E-state index contributed by atoms with van der Waals surface area (Å²) in [5.74, 6) is 0.769. The van der Waals surface area contributed by atoms with Gasteiger partial charge in [-0.05, 0) is 43.7 Å². The number of carbonyl (C=O) groups is 1. The van der Waals surface area contributed by atoms with E-state index in [1.54, 1.807) is 0 Å². The van der Waals surface area contributed by atoms with Crippen LogP contribution in [0.25, 0.3) is 0 Å². The number of rotatable bonds is 5. The lowest BCUT2D eigenvalue weighted by Gasteiger charge is -2.24. The molecule has 0 aromatic heterocycles. The van der Waals surface area contributed by atoms with Crippen LogP contribution in [0, 0.1) is 6.92 Å². The van der Waals surface area contributed by atoms with E-state index in [2.05, 4.69) is 24.4 Å². The zero-order valence-corrected chi connectivity index (χ0v) is 15.5. The largest absolute Gasteiger partial charge is 0.489 e. The summed E-state index contributed by atoms with van der Waals surface area (Å²) in [5.41, 5.74) is 3.01. The molecule has 25 heavy (non-hydrogen) atoms. The maximum Gasteiger partial charge on any atom is 0.254 e. The van der Waals surface area contributed by atoms with Crippen LogP contribution in [0.3, 0.4) is 0 Å².